The molecule has 6 aromatic rings. The molecule has 0 aliphatic heterocycles. The topological polar surface area (TPSA) is 43.6 Å². The Kier molecular flexibility index (Phi) is 2.62. The Morgan fingerprint density at radius 2 is 1.31 bits per heavy atom. The minimum atomic E-state index is -0.556. The molecule has 2 heterocycles. The van der Waals surface area contributed by atoms with E-state index in [4.69, 9.17) is 25.3 Å². The van der Waals surface area contributed by atoms with Crippen LogP contribution in [0.3, 0.4) is 0 Å². The van der Waals surface area contributed by atoms with Gasteiger partial charge in [-0.15, -0.1) is 0 Å². The highest BCUT2D eigenvalue weighted by atomic mass is 35.5. The van der Waals surface area contributed by atoms with Crippen LogP contribution < -0.4 is 0 Å². The first-order chi connectivity index (χ1) is 19.9. The van der Waals surface area contributed by atoms with Crippen molar-refractivity contribution in [3.63, 3.8) is 0 Å². The average Bonchev–Trinajstić information content (AvgIpc) is 3.30. The van der Waals surface area contributed by atoms with Gasteiger partial charge in [0, 0.05) is 27.6 Å². The van der Waals surface area contributed by atoms with Gasteiger partial charge in [0.15, 0.2) is 11.6 Å². The number of halogens is 1. The van der Waals surface area contributed by atoms with Crippen LogP contribution in [0.5, 0.6) is 0 Å². The van der Waals surface area contributed by atoms with Crippen molar-refractivity contribution >= 4 is 33.4 Å². The third-order valence-corrected chi connectivity index (χ3v) is 5.14. The van der Waals surface area contributed by atoms with Crippen LogP contribution in [0.1, 0.15) is 13.7 Å². The SMILES string of the molecule is [2H]c1c([2H])c([2H])c(-c2nc(Cl)nc(-c3ccc4c5ccccc5n(-c5c([2H])c([2H])c([2H])c([2H])c5[2H])c4c3)n2)c([2H])c1[2H]. The molecular weight excluding hydrogens is 416 g/mol. The van der Waals surface area contributed by atoms with Crippen LogP contribution in [0.15, 0.2) is 103 Å². The second kappa shape index (κ2) is 7.59. The Labute approximate surface area is 203 Å². The Bertz CT molecular complexity index is 2070. The summed E-state index contributed by atoms with van der Waals surface area (Å²) in [5, 5.41) is 1.24. The van der Waals surface area contributed by atoms with Crippen LogP contribution in [0.2, 0.25) is 5.28 Å². The molecule has 152 valence electrons. The molecule has 0 atom stereocenters. The van der Waals surface area contributed by atoms with Gasteiger partial charge < -0.3 is 4.57 Å². The summed E-state index contributed by atoms with van der Waals surface area (Å²) in [5.74, 6) is -0.176. The zero-order valence-electron chi connectivity index (χ0n) is 26.2. The lowest BCUT2D eigenvalue weighted by Gasteiger charge is -2.09. The molecule has 0 saturated heterocycles. The van der Waals surface area contributed by atoms with Crippen LogP contribution in [0, 0.1) is 0 Å². The van der Waals surface area contributed by atoms with Crippen LogP contribution in [0.25, 0.3) is 50.3 Å². The second-order valence-corrected chi connectivity index (χ2v) is 7.15. The van der Waals surface area contributed by atoms with Crippen LogP contribution in [-0.2, 0) is 0 Å². The molecule has 0 saturated carbocycles. The number of nitrogens with zero attached hydrogens (tertiary/aromatic N) is 4. The normalized spacial score (nSPS) is 15.7. The summed E-state index contributed by atoms with van der Waals surface area (Å²) in [6.07, 6.45) is 0. The van der Waals surface area contributed by atoms with Gasteiger partial charge in [0.05, 0.1) is 24.7 Å². The number of rotatable bonds is 3. The maximum absolute atomic E-state index is 8.60. The van der Waals surface area contributed by atoms with Gasteiger partial charge in [0.2, 0.25) is 5.28 Å². The van der Waals surface area contributed by atoms with Gasteiger partial charge in [0.1, 0.15) is 0 Å². The molecule has 0 aliphatic carbocycles. The van der Waals surface area contributed by atoms with E-state index >= 15 is 0 Å². The fourth-order valence-electron chi connectivity index (χ4n) is 3.66. The van der Waals surface area contributed by atoms with Crippen molar-refractivity contribution in [2.24, 2.45) is 0 Å². The Morgan fingerprint density at radius 3 is 2.09 bits per heavy atom. The van der Waals surface area contributed by atoms with Crippen molar-refractivity contribution in [2.75, 3.05) is 0 Å². The first-order valence-electron chi connectivity index (χ1n) is 14.5. The molecule has 32 heavy (non-hydrogen) atoms. The summed E-state index contributed by atoms with van der Waals surface area (Å²) < 4.78 is 83.7. The van der Waals surface area contributed by atoms with E-state index in [1.807, 2.05) is 12.1 Å². The molecule has 6 rings (SSSR count). The van der Waals surface area contributed by atoms with Crippen molar-refractivity contribution < 1.29 is 13.7 Å². The smallest absolute Gasteiger partial charge is 0.226 e. The van der Waals surface area contributed by atoms with E-state index < -0.39 is 48.3 Å². The first-order valence-corrected chi connectivity index (χ1v) is 9.89. The van der Waals surface area contributed by atoms with E-state index in [0.717, 1.165) is 10.8 Å². The van der Waals surface area contributed by atoms with E-state index in [9.17, 15) is 0 Å². The van der Waals surface area contributed by atoms with Gasteiger partial charge in [-0.25, -0.2) is 4.98 Å². The second-order valence-electron chi connectivity index (χ2n) is 6.81. The highest BCUT2D eigenvalue weighted by Crippen LogP contribution is 2.34. The molecule has 0 unspecified atom stereocenters. The number of hydrogen-bond acceptors (Lipinski definition) is 3. The fraction of sp³-hybridized carbons (Fsp3) is 0. The standard InChI is InChI=1S/C27H17ClN4/c28-27-30-25(18-9-3-1-4-10-18)29-26(31-27)19-15-16-22-21-13-7-8-14-23(21)32(24(22)17-19)20-11-5-2-6-12-20/h1-17H/i1D,2D,3D,4D,5D,6D,9D,10D,11D,12D. The monoisotopic (exact) mass is 442 g/mol. The summed E-state index contributed by atoms with van der Waals surface area (Å²) in [7, 11) is 0. The van der Waals surface area contributed by atoms with Gasteiger partial charge in [-0.2, -0.15) is 9.97 Å². The lowest BCUT2D eigenvalue weighted by atomic mass is 10.1. The van der Waals surface area contributed by atoms with E-state index in [0.29, 0.717) is 16.6 Å². The van der Waals surface area contributed by atoms with E-state index in [2.05, 4.69) is 15.0 Å². The minimum absolute atomic E-state index is 0.0298. The molecule has 0 radical (unpaired) electrons. The molecule has 0 bridgehead atoms. The molecular formula is C27H17ClN4. The summed E-state index contributed by atoms with van der Waals surface area (Å²) in [4.78, 5) is 12.7. The highest BCUT2D eigenvalue weighted by Gasteiger charge is 2.15. The Balaban J connectivity index is 1.65. The van der Waals surface area contributed by atoms with Crippen molar-refractivity contribution in [3.05, 3.63) is 108 Å². The lowest BCUT2D eigenvalue weighted by Crippen LogP contribution is -1.98. The van der Waals surface area contributed by atoms with Crippen LogP contribution in [0.4, 0.5) is 0 Å². The maximum Gasteiger partial charge on any atom is 0.226 e. The first kappa shape index (κ1) is 11.0. The van der Waals surface area contributed by atoms with Crippen LogP contribution >= 0.6 is 11.6 Å². The van der Waals surface area contributed by atoms with Gasteiger partial charge in [-0.05, 0) is 35.8 Å². The van der Waals surface area contributed by atoms with Crippen molar-refractivity contribution in [1.29, 1.82) is 0 Å². The van der Waals surface area contributed by atoms with Crippen LogP contribution in [-0.4, -0.2) is 19.5 Å². The number of aromatic nitrogens is 4. The molecule has 4 nitrogen and oxygen atoms in total. The van der Waals surface area contributed by atoms with Gasteiger partial charge >= 0.3 is 0 Å². The number of benzene rings is 4. The van der Waals surface area contributed by atoms with Crippen molar-refractivity contribution in [3.8, 4) is 28.5 Å². The molecule has 5 heteroatoms. The van der Waals surface area contributed by atoms with E-state index in [-0.39, 0.29) is 40.3 Å². The third kappa shape index (κ3) is 3.13. The molecule has 2 aromatic heterocycles. The summed E-state index contributed by atoms with van der Waals surface area (Å²) in [6, 6.07) is 7.59. The molecule has 0 aliphatic rings. The maximum atomic E-state index is 8.60. The predicted molar refractivity (Wildman–Crippen MR) is 130 cm³/mol. The largest absolute Gasteiger partial charge is 0.309 e. The summed E-state index contributed by atoms with van der Waals surface area (Å²) in [6.45, 7) is 0. The number of hydrogen-bond donors (Lipinski definition) is 0. The number of fused-ring (bicyclic) bond motifs is 3. The van der Waals surface area contributed by atoms with Crippen molar-refractivity contribution in [1.82, 2.24) is 19.5 Å². The quantitative estimate of drug-likeness (QED) is 0.297. The molecule has 0 amide bonds. The Morgan fingerprint density at radius 1 is 0.656 bits per heavy atom. The van der Waals surface area contributed by atoms with Gasteiger partial charge in [-0.1, -0.05) is 78.7 Å². The van der Waals surface area contributed by atoms with E-state index in [1.54, 1.807) is 34.9 Å². The molecule has 0 fully saturated rings. The average molecular weight is 443 g/mol. The molecule has 0 spiro atoms. The third-order valence-electron chi connectivity index (χ3n) is 4.97. The molecule has 4 aromatic carbocycles. The lowest BCUT2D eigenvalue weighted by molar-refractivity contribution is 1.07. The van der Waals surface area contributed by atoms with E-state index in [1.165, 1.54) is 0 Å². The fourth-order valence-corrected chi connectivity index (χ4v) is 3.82. The highest BCUT2D eigenvalue weighted by molar-refractivity contribution is 6.28. The molecule has 0 N–H and O–H groups in total. The zero-order chi connectivity index (χ0) is 30.2. The zero-order valence-corrected chi connectivity index (χ0v) is 17.0. The van der Waals surface area contributed by atoms with Crippen molar-refractivity contribution in [2.45, 2.75) is 0 Å². The summed E-state index contributed by atoms with van der Waals surface area (Å²) >= 11 is 6.24. The number of para-hydroxylation sites is 2. The Hall–Kier alpha value is -4.02. The predicted octanol–water partition coefficient (Wildman–Crippen LogP) is 6.96. The van der Waals surface area contributed by atoms with Gasteiger partial charge in [-0.3, -0.25) is 0 Å². The minimum Gasteiger partial charge on any atom is -0.309 e. The summed E-state index contributed by atoms with van der Waals surface area (Å²) in [5.41, 5.74) is 1.24. The van der Waals surface area contributed by atoms with Gasteiger partial charge in [0.25, 0.3) is 0 Å².